The number of piperazine rings is 1. The van der Waals surface area contributed by atoms with Crippen molar-refractivity contribution in [2.24, 2.45) is 0 Å². The van der Waals surface area contributed by atoms with Crippen molar-refractivity contribution in [1.29, 1.82) is 0 Å². The molecule has 0 radical (unpaired) electrons. The Hall–Kier alpha value is -2.29. The maximum Gasteiger partial charge on any atom is 0.223 e. The largest absolute Gasteiger partial charge is 0.365 e. The van der Waals surface area contributed by atoms with Gasteiger partial charge in [-0.2, -0.15) is 0 Å². The van der Waals surface area contributed by atoms with Crippen LogP contribution in [0.3, 0.4) is 0 Å². The Balaban J connectivity index is 1.54. The molecule has 0 N–H and O–H groups in total. The average Bonchev–Trinajstić information content (AvgIpc) is 2.61. The topological polar surface area (TPSA) is 23.6 Å². The summed E-state index contributed by atoms with van der Waals surface area (Å²) < 4.78 is 0. The predicted octanol–water partition coefficient (Wildman–Crippen LogP) is 3.36. The van der Waals surface area contributed by atoms with Crippen molar-refractivity contribution in [3.63, 3.8) is 0 Å². The molecule has 1 fully saturated rings. The zero-order chi connectivity index (χ0) is 16.1. The van der Waals surface area contributed by atoms with Gasteiger partial charge in [0, 0.05) is 37.8 Å². The molecule has 1 saturated heterocycles. The summed E-state index contributed by atoms with van der Waals surface area (Å²) in [7, 11) is 0. The molecular weight excluding hydrogens is 284 g/mol. The molecule has 0 aromatic heterocycles. The molecule has 1 heterocycles. The van der Waals surface area contributed by atoms with Crippen LogP contribution in [-0.2, 0) is 11.2 Å². The molecule has 1 aliphatic heterocycles. The van der Waals surface area contributed by atoms with E-state index in [1.807, 2.05) is 29.2 Å². The van der Waals surface area contributed by atoms with Crippen molar-refractivity contribution < 1.29 is 4.79 Å². The Kier molecular flexibility index (Phi) is 4.96. The molecule has 3 rings (SSSR count). The third kappa shape index (κ3) is 3.92. The Morgan fingerprint density at radius 1 is 1.00 bits per heavy atom. The standard InChI is InChI=1S/C20H24N2O/c1-17-16-21(14-15-22(17)19-10-6-3-7-11-19)20(23)13-12-18-8-4-2-5-9-18/h2-11,17H,12-16H2,1H3. The van der Waals surface area contributed by atoms with E-state index in [0.717, 1.165) is 26.1 Å². The minimum Gasteiger partial charge on any atom is -0.365 e. The summed E-state index contributed by atoms with van der Waals surface area (Å²) in [5.41, 5.74) is 2.48. The molecule has 1 atom stereocenters. The molecule has 0 spiro atoms. The molecule has 0 aliphatic carbocycles. The average molecular weight is 308 g/mol. The second kappa shape index (κ2) is 7.32. The first-order chi connectivity index (χ1) is 11.2. The number of carbonyl (C=O) groups excluding carboxylic acids is 1. The van der Waals surface area contributed by atoms with Gasteiger partial charge in [0.15, 0.2) is 0 Å². The first-order valence-corrected chi connectivity index (χ1v) is 8.37. The quantitative estimate of drug-likeness (QED) is 0.865. The smallest absolute Gasteiger partial charge is 0.223 e. The second-order valence-electron chi connectivity index (χ2n) is 6.20. The fraction of sp³-hybridized carbons (Fsp3) is 0.350. The minimum atomic E-state index is 0.272. The molecule has 3 heteroatoms. The summed E-state index contributed by atoms with van der Waals surface area (Å²) >= 11 is 0. The number of aryl methyl sites for hydroxylation is 1. The van der Waals surface area contributed by atoms with Gasteiger partial charge in [-0.25, -0.2) is 0 Å². The molecule has 0 bridgehead atoms. The van der Waals surface area contributed by atoms with Crippen molar-refractivity contribution in [2.45, 2.75) is 25.8 Å². The number of anilines is 1. The molecule has 2 aromatic rings. The number of rotatable bonds is 4. The van der Waals surface area contributed by atoms with Crippen molar-refractivity contribution in [2.75, 3.05) is 24.5 Å². The highest BCUT2D eigenvalue weighted by Crippen LogP contribution is 2.20. The Bertz CT molecular complexity index is 627. The van der Waals surface area contributed by atoms with E-state index in [2.05, 4.69) is 48.2 Å². The van der Waals surface area contributed by atoms with Gasteiger partial charge in [-0.1, -0.05) is 48.5 Å². The normalized spacial score (nSPS) is 18.0. The Labute approximate surface area is 138 Å². The monoisotopic (exact) mass is 308 g/mol. The van der Waals surface area contributed by atoms with E-state index in [0.29, 0.717) is 12.5 Å². The van der Waals surface area contributed by atoms with Crippen molar-refractivity contribution in [3.8, 4) is 0 Å². The van der Waals surface area contributed by atoms with Gasteiger partial charge >= 0.3 is 0 Å². The van der Waals surface area contributed by atoms with Crippen molar-refractivity contribution in [1.82, 2.24) is 4.90 Å². The Morgan fingerprint density at radius 2 is 1.65 bits per heavy atom. The molecule has 0 saturated carbocycles. The van der Waals surface area contributed by atoms with Gasteiger partial charge in [-0.15, -0.1) is 0 Å². The summed E-state index contributed by atoms with van der Waals surface area (Å²) in [5.74, 6) is 0.272. The van der Waals surface area contributed by atoms with Gasteiger partial charge in [-0.05, 0) is 31.0 Å². The first kappa shape index (κ1) is 15.6. The molecule has 1 unspecified atom stereocenters. The highest BCUT2D eigenvalue weighted by Gasteiger charge is 2.26. The molecular formula is C20H24N2O. The summed E-state index contributed by atoms with van der Waals surface area (Å²) in [6, 6.07) is 21.1. The molecule has 120 valence electrons. The zero-order valence-corrected chi connectivity index (χ0v) is 13.7. The van der Waals surface area contributed by atoms with E-state index < -0.39 is 0 Å². The van der Waals surface area contributed by atoms with Crippen LogP contribution in [0.4, 0.5) is 5.69 Å². The van der Waals surface area contributed by atoms with E-state index in [1.165, 1.54) is 11.3 Å². The number of benzene rings is 2. The van der Waals surface area contributed by atoms with Gasteiger partial charge in [0.1, 0.15) is 0 Å². The number of carbonyl (C=O) groups is 1. The van der Waals surface area contributed by atoms with E-state index in [9.17, 15) is 4.79 Å². The van der Waals surface area contributed by atoms with Crippen molar-refractivity contribution >= 4 is 11.6 Å². The van der Waals surface area contributed by atoms with Crippen LogP contribution in [0.5, 0.6) is 0 Å². The number of nitrogens with zero attached hydrogens (tertiary/aromatic N) is 2. The predicted molar refractivity (Wildman–Crippen MR) is 94.6 cm³/mol. The fourth-order valence-electron chi connectivity index (χ4n) is 3.24. The van der Waals surface area contributed by atoms with E-state index in [4.69, 9.17) is 0 Å². The van der Waals surface area contributed by atoms with Crippen LogP contribution in [0.15, 0.2) is 60.7 Å². The number of para-hydroxylation sites is 1. The molecule has 2 aromatic carbocycles. The van der Waals surface area contributed by atoms with Crippen LogP contribution >= 0.6 is 0 Å². The van der Waals surface area contributed by atoms with E-state index in [-0.39, 0.29) is 5.91 Å². The highest BCUT2D eigenvalue weighted by molar-refractivity contribution is 5.77. The molecule has 23 heavy (non-hydrogen) atoms. The van der Waals surface area contributed by atoms with Crippen LogP contribution in [0.25, 0.3) is 0 Å². The van der Waals surface area contributed by atoms with E-state index in [1.54, 1.807) is 0 Å². The van der Waals surface area contributed by atoms with Gasteiger partial charge in [-0.3, -0.25) is 4.79 Å². The van der Waals surface area contributed by atoms with Crippen LogP contribution in [0.1, 0.15) is 18.9 Å². The van der Waals surface area contributed by atoms with Gasteiger partial charge in [0.25, 0.3) is 0 Å². The highest BCUT2D eigenvalue weighted by atomic mass is 16.2. The van der Waals surface area contributed by atoms with Gasteiger partial charge < -0.3 is 9.80 Å². The summed E-state index contributed by atoms with van der Waals surface area (Å²) in [4.78, 5) is 16.9. The second-order valence-corrected chi connectivity index (χ2v) is 6.20. The van der Waals surface area contributed by atoms with Crippen LogP contribution < -0.4 is 4.90 Å². The maximum absolute atomic E-state index is 12.5. The minimum absolute atomic E-state index is 0.272. The maximum atomic E-state index is 12.5. The Morgan fingerprint density at radius 3 is 2.30 bits per heavy atom. The third-order valence-electron chi connectivity index (χ3n) is 4.54. The lowest BCUT2D eigenvalue weighted by molar-refractivity contribution is -0.131. The molecule has 1 amide bonds. The lowest BCUT2D eigenvalue weighted by atomic mass is 10.1. The van der Waals surface area contributed by atoms with E-state index >= 15 is 0 Å². The third-order valence-corrected chi connectivity index (χ3v) is 4.54. The van der Waals surface area contributed by atoms with Gasteiger partial charge in [0.05, 0.1) is 0 Å². The molecule has 3 nitrogen and oxygen atoms in total. The lowest BCUT2D eigenvalue weighted by Crippen LogP contribution is -2.53. The number of hydrogen-bond donors (Lipinski definition) is 0. The van der Waals surface area contributed by atoms with Crippen LogP contribution in [0.2, 0.25) is 0 Å². The van der Waals surface area contributed by atoms with Crippen LogP contribution in [0, 0.1) is 0 Å². The number of hydrogen-bond acceptors (Lipinski definition) is 2. The summed E-state index contributed by atoms with van der Waals surface area (Å²) in [6.07, 6.45) is 1.43. The lowest BCUT2D eigenvalue weighted by Gasteiger charge is -2.41. The fourth-order valence-corrected chi connectivity index (χ4v) is 3.24. The van der Waals surface area contributed by atoms with Crippen LogP contribution in [-0.4, -0.2) is 36.5 Å². The van der Waals surface area contributed by atoms with Gasteiger partial charge in [0.2, 0.25) is 5.91 Å². The van der Waals surface area contributed by atoms with Crippen molar-refractivity contribution in [3.05, 3.63) is 66.2 Å². The number of amides is 1. The summed E-state index contributed by atoms with van der Waals surface area (Å²) in [6.45, 7) is 4.72. The SMILES string of the molecule is CC1CN(C(=O)CCc2ccccc2)CCN1c1ccccc1. The first-order valence-electron chi connectivity index (χ1n) is 8.37. The zero-order valence-electron chi connectivity index (χ0n) is 13.7. The molecule has 1 aliphatic rings. The summed E-state index contributed by atoms with van der Waals surface area (Å²) in [5, 5.41) is 0.